The van der Waals surface area contributed by atoms with E-state index in [9.17, 15) is 13.6 Å². The molecular formula is C11H17F2NO2. The second kappa shape index (κ2) is 10.0. The van der Waals surface area contributed by atoms with Gasteiger partial charge in [-0.1, -0.05) is 19.9 Å². The van der Waals surface area contributed by atoms with Crippen molar-refractivity contribution < 1.29 is 18.7 Å². The Morgan fingerprint density at radius 2 is 1.62 bits per heavy atom. The van der Waals surface area contributed by atoms with Crippen molar-refractivity contribution in [3.63, 3.8) is 0 Å². The van der Waals surface area contributed by atoms with Gasteiger partial charge in [-0.05, 0) is 19.1 Å². The topological polar surface area (TPSA) is 63.3 Å². The quantitative estimate of drug-likeness (QED) is 0.782. The molecule has 1 aromatic rings. The normalized spacial score (nSPS) is 10.1. The molecule has 0 fully saturated rings. The lowest BCUT2D eigenvalue weighted by Crippen LogP contribution is -2.25. The van der Waals surface area contributed by atoms with E-state index in [4.69, 9.17) is 10.8 Å². The van der Waals surface area contributed by atoms with E-state index in [1.165, 1.54) is 25.1 Å². The maximum atomic E-state index is 11.9. The SMILES string of the molecule is CC.CC(N)C(=O)O.Fc1cccc(F)c1. The summed E-state index contributed by atoms with van der Waals surface area (Å²) < 4.78 is 23.9. The third-order valence-corrected chi connectivity index (χ3v) is 1.18. The second-order valence-electron chi connectivity index (χ2n) is 2.57. The summed E-state index contributed by atoms with van der Waals surface area (Å²) in [5.74, 6) is -2.04. The first kappa shape index (κ1) is 16.9. The average Bonchev–Trinajstić information content (AvgIpc) is 2.21. The van der Waals surface area contributed by atoms with E-state index >= 15 is 0 Å². The van der Waals surface area contributed by atoms with Crippen LogP contribution in [0.4, 0.5) is 8.78 Å². The number of nitrogens with two attached hydrogens (primary N) is 1. The molecule has 0 amide bonds. The van der Waals surface area contributed by atoms with Gasteiger partial charge in [-0.25, -0.2) is 8.78 Å². The predicted octanol–water partition coefficient (Wildman–Crippen LogP) is 2.41. The van der Waals surface area contributed by atoms with Gasteiger partial charge in [0.2, 0.25) is 0 Å². The third kappa shape index (κ3) is 10.6. The molecule has 16 heavy (non-hydrogen) atoms. The highest BCUT2D eigenvalue weighted by atomic mass is 19.1. The lowest BCUT2D eigenvalue weighted by molar-refractivity contribution is -0.138. The molecule has 0 aromatic heterocycles. The molecule has 0 saturated heterocycles. The van der Waals surface area contributed by atoms with Crippen LogP contribution in [0.15, 0.2) is 24.3 Å². The highest BCUT2D eigenvalue weighted by molar-refractivity contribution is 5.72. The molecule has 0 heterocycles. The van der Waals surface area contributed by atoms with Gasteiger partial charge >= 0.3 is 5.97 Å². The van der Waals surface area contributed by atoms with Crippen molar-refractivity contribution in [3.05, 3.63) is 35.9 Å². The molecule has 5 heteroatoms. The Balaban J connectivity index is 0. The standard InChI is InChI=1S/C6H4F2.C3H7NO2.C2H6/c7-5-2-1-3-6(8)4-5;1-2(4)3(5)6;1-2/h1-4H;2H,4H2,1H3,(H,5,6);1-2H3. The minimum atomic E-state index is -0.963. The van der Waals surface area contributed by atoms with Gasteiger partial charge in [-0.2, -0.15) is 0 Å². The molecule has 3 N–H and O–H groups in total. The summed E-state index contributed by atoms with van der Waals surface area (Å²) in [5, 5.41) is 7.87. The minimum Gasteiger partial charge on any atom is -0.480 e. The zero-order valence-corrected chi connectivity index (χ0v) is 9.58. The van der Waals surface area contributed by atoms with Crippen LogP contribution in [0.1, 0.15) is 20.8 Å². The molecule has 0 saturated carbocycles. The molecule has 0 spiro atoms. The first-order valence-corrected chi connectivity index (χ1v) is 4.83. The summed E-state index contributed by atoms with van der Waals surface area (Å²) in [5.41, 5.74) is 4.84. The van der Waals surface area contributed by atoms with Gasteiger partial charge in [-0.15, -0.1) is 0 Å². The number of aliphatic carboxylic acids is 1. The Hall–Kier alpha value is -1.49. The molecule has 1 atom stereocenters. The van der Waals surface area contributed by atoms with Crippen molar-refractivity contribution in [3.8, 4) is 0 Å². The van der Waals surface area contributed by atoms with Crippen molar-refractivity contribution in [2.75, 3.05) is 0 Å². The Kier molecular flexibility index (Phi) is 10.6. The first-order chi connectivity index (χ1) is 7.43. The fraction of sp³-hybridized carbons (Fsp3) is 0.364. The number of hydrogen-bond acceptors (Lipinski definition) is 2. The Morgan fingerprint density at radius 3 is 1.75 bits per heavy atom. The molecule has 0 radical (unpaired) electrons. The van der Waals surface area contributed by atoms with Crippen LogP contribution in [-0.2, 0) is 4.79 Å². The van der Waals surface area contributed by atoms with E-state index in [0.29, 0.717) is 0 Å². The van der Waals surface area contributed by atoms with Crippen molar-refractivity contribution in [1.82, 2.24) is 0 Å². The van der Waals surface area contributed by atoms with Gasteiger partial charge in [0.15, 0.2) is 0 Å². The zero-order valence-electron chi connectivity index (χ0n) is 9.58. The summed E-state index contributed by atoms with van der Waals surface area (Å²) in [6.45, 7) is 5.42. The van der Waals surface area contributed by atoms with Crippen LogP contribution in [0.2, 0.25) is 0 Å². The number of rotatable bonds is 1. The summed E-state index contributed by atoms with van der Waals surface area (Å²) >= 11 is 0. The molecule has 0 bridgehead atoms. The van der Waals surface area contributed by atoms with Crippen LogP contribution in [0.3, 0.4) is 0 Å². The fourth-order valence-electron chi connectivity index (χ4n) is 0.460. The largest absolute Gasteiger partial charge is 0.480 e. The maximum absolute atomic E-state index is 11.9. The molecule has 0 aliphatic carbocycles. The van der Waals surface area contributed by atoms with Crippen LogP contribution in [0, 0.1) is 11.6 Å². The molecule has 92 valence electrons. The highest BCUT2D eigenvalue weighted by Crippen LogP contribution is 1.99. The van der Waals surface area contributed by atoms with E-state index in [1.54, 1.807) is 0 Å². The molecule has 0 aliphatic rings. The minimum absolute atomic E-state index is 0.537. The first-order valence-electron chi connectivity index (χ1n) is 4.83. The number of halogens is 2. The number of carbonyl (C=O) groups is 1. The summed E-state index contributed by atoms with van der Waals surface area (Å²) in [6.07, 6.45) is 0. The van der Waals surface area contributed by atoms with E-state index < -0.39 is 23.6 Å². The summed E-state index contributed by atoms with van der Waals surface area (Å²) in [7, 11) is 0. The number of benzene rings is 1. The Labute approximate surface area is 93.9 Å². The van der Waals surface area contributed by atoms with Crippen LogP contribution < -0.4 is 5.73 Å². The van der Waals surface area contributed by atoms with E-state index in [1.807, 2.05) is 13.8 Å². The molecule has 0 aliphatic heterocycles. The van der Waals surface area contributed by atoms with Crippen LogP contribution >= 0.6 is 0 Å². The summed E-state index contributed by atoms with van der Waals surface area (Å²) in [6, 6.07) is 3.82. The molecule has 1 aromatic carbocycles. The Bertz CT molecular complexity index is 287. The Morgan fingerprint density at radius 1 is 1.31 bits per heavy atom. The average molecular weight is 233 g/mol. The van der Waals surface area contributed by atoms with Gasteiger partial charge in [0.05, 0.1) is 0 Å². The van der Waals surface area contributed by atoms with Gasteiger partial charge in [0.25, 0.3) is 0 Å². The molecule has 1 rings (SSSR count). The fourth-order valence-corrected chi connectivity index (χ4v) is 0.460. The van der Waals surface area contributed by atoms with E-state index in [2.05, 4.69) is 0 Å². The van der Waals surface area contributed by atoms with E-state index in [-0.39, 0.29) is 0 Å². The lowest BCUT2D eigenvalue weighted by atomic mass is 10.3. The van der Waals surface area contributed by atoms with Crippen molar-refractivity contribution in [1.29, 1.82) is 0 Å². The van der Waals surface area contributed by atoms with Gasteiger partial charge in [0.1, 0.15) is 17.7 Å². The smallest absolute Gasteiger partial charge is 0.320 e. The van der Waals surface area contributed by atoms with Crippen molar-refractivity contribution >= 4 is 5.97 Å². The zero-order chi connectivity index (χ0) is 13.1. The molecular weight excluding hydrogens is 216 g/mol. The van der Waals surface area contributed by atoms with Gasteiger partial charge < -0.3 is 10.8 Å². The number of carboxylic acids is 1. The maximum Gasteiger partial charge on any atom is 0.320 e. The monoisotopic (exact) mass is 233 g/mol. The number of carboxylic acid groups (broad SMARTS) is 1. The summed E-state index contributed by atoms with van der Waals surface area (Å²) in [4.78, 5) is 9.57. The molecule has 3 nitrogen and oxygen atoms in total. The predicted molar refractivity (Wildman–Crippen MR) is 59.0 cm³/mol. The van der Waals surface area contributed by atoms with Gasteiger partial charge in [-0.3, -0.25) is 4.79 Å². The van der Waals surface area contributed by atoms with Crippen molar-refractivity contribution in [2.45, 2.75) is 26.8 Å². The highest BCUT2D eigenvalue weighted by Gasteiger charge is 1.99. The van der Waals surface area contributed by atoms with Crippen LogP contribution in [0.25, 0.3) is 0 Å². The lowest BCUT2D eigenvalue weighted by Gasteiger charge is -1.90. The third-order valence-electron chi connectivity index (χ3n) is 1.18. The van der Waals surface area contributed by atoms with Crippen molar-refractivity contribution in [2.24, 2.45) is 5.73 Å². The van der Waals surface area contributed by atoms with Crippen LogP contribution in [-0.4, -0.2) is 17.1 Å². The molecule has 1 unspecified atom stereocenters. The second-order valence-corrected chi connectivity index (χ2v) is 2.57. The number of hydrogen-bond donors (Lipinski definition) is 2. The van der Waals surface area contributed by atoms with E-state index in [0.717, 1.165) is 6.07 Å². The van der Waals surface area contributed by atoms with Crippen LogP contribution in [0.5, 0.6) is 0 Å². The van der Waals surface area contributed by atoms with Gasteiger partial charge in [0, 0.05) is 6.07 Å².